The van der Waals surface area contributed by atoms with Crippen molar-refractivity contribution in [2.75, 3.05) is 14.2 Å². The maximum atomic E-state index is 5.33. The number of ether oxygens (including phenoxy) is 2. The predicted octanol–water partition coefficient (Wildman–Crippen LogP) is 3.03. The Hall–Kier alpha value is -0.700. The Morgan fingerprint density at radius 2 is 1.77 bits per heavy atom. The third-order valence-electron chi connectivity index (χ3n) is 1.94. The first-order valence-electron chi connectivity index (χ1n) is 4.44. The van der Waals surface area contributed by atoms with Crippen LogP contribution < -0.4 is 9.47 Å². The molecular weight excluding hydrogens is 184 g/mol. The minimum atomic E-state index is 0.899. The topological polar surface area (TPSA) is 18.5 Å². The van der Waals surface area contributed by atoms with Gasteiger partial charge in [0.2, 0.25) is 0 Å². The zero-order valence-electron chi connectivity index (χ0n) is 8.64. The Morgan fingerprint density at radius 3 is 2.23 bits per heavy atom. The molecule has 0 fully saturated rings. The molecule has 74 valence electrons. The highest BCUT2D eigenvalue weighted by Crippen LogP contribution is 2.41. The fourth-order valence-corrected chi connectivity index (χ4v) is 2.61. The smallest absolute Gasteiger partial charge is 0.174 e. The number of thiophene rings is 1. The van der Waals surface area contributed by atoms with Crippen molar-refractivity contribution in [3.05, 3.63) is 9.75 Å². The van der Waals surface area contributed by atoms with Crippen LogP contribution in [0.2, 0.25) is 0 Å². The standard InChI is InChI=1S/C10H16O2S/c1-5-6-8-10(12-4)9(11-3)7(2)13-8/h5-6H2,1-4H3. The normalized spacial score (nSPS) is 10.2. The molecule has 0 aliphatic rings. The molecular formula is C10H16O2S. The molecule has 0 saturated carbocycles. The molecule has 13 heavy (non-hydrogen) atoms. The number of hydrogen-bond donors (Lipinski definition) is 0. The Bertz CT molecular complexity index is 279. The van der Waals surface area contributed by atoms with Crippen molar-refractivity contribution < 1.29 is 9.47 Å². The predicted molar refractivity (Wildman–Crippen MR) is 56.2 cm³/mol. The second-order valence-corrected chi connectivity index (χ2v) is 4.21. The van der Waals surface area contributed by atoms with Crippen molar-refractivity contribution in [2.24, 2.45) is 0 Å². The summed E-state index contributed by atoms with van der Waals surface area (Å²) in [6.45, 7) is 4.23. The van der Waals surface area contributed by atoms with Gasteiger partial charge in [-0.15, -0.1) is 11.3 Å². The zero-order valence-corrected chi connectivity index (χ0v) is 9.46. The minimum absolute atomic E-state index is 0.899. The molecule has 0 bridgehead atoms. The molecule has 0 saturated heterocycles. The molecule has 1 heterocycles. The first kappa shape index (κ1) is 10.4. The maximum absolute atomic E-state index is 5.33. The fourth-order valence-electron chi connectivity index (χ4n) is 1.40. The van der Waals surface area contributed by atoms with Crippen molar-refractivity contribution in [1.82, 2.24) is 0 Å². The van der Waals surface area contributed by atoms with E-state index in [-0.39, 0.29) is 0 Å². The summed E-state index contributed by atoms with van der Waals surface area (Å²) >= 11 is 1.76. The summed E-state index contributed by atoms with van der Waals surface area (Å²) in [5.41, 5.74) is 0. The SMILES string of the molecule is CCCc1sc(C)c(OC)c1OC. The van der Waals surface area contributed by atoms with Crippen LogP contribution in [0.3, 0.4) is 0 Å². The lowest BCUT2D eigenvalue weighted by molar-refractivity contribution is 0.354. The Labute approximate surface area is 83.5 Å². The van der Waals surface area contributed by atoms with Gasteiger partial charge in [0, 0.05) is 4.88 Å². The van der Waals surface area contributed by atoms with Gasteiger partial charge in [0.15, 0.2) is 11.5 Å². The van der Waals surface area contributed by atoms with Crippen molar-refractivity contribution in [2.45, 2.75) is 26.7 Å². The van der Waals surface area contributed by atoms with E-state index in [1.165, 1.54) is 9.75 Å². The van der Waals surface area contributed by atoms with Crippen LogP contribution in [-0.2, 0) is 6.42 Å². The molecule has 0 spiro atoms. The lowest BCUT2D eigenvalue weighted by atomic mass is 10.2. The van der Waals surface area contributed by atoms with Crippen LogP contribution in [0, 0.1) is 6.92 Å². The number of rotatable bonds is 4. The Kier molecular flexibility index (Phi) is 3.60. The quantitative estimate of drug-likeness (QED) is 0.743. The summed E-state index contributed by atoms with van der Waals surface area (Å²) < 4.78 is 10.6. The van der Waals surface area contributed by atoms with Crippen molar-refractivity contribution in [3.63, 3.8) is 0 Å². The second-order valence-electron chi connectivity index (χ2n) is 2.90. The molecule has 0 aliphatic carbocycles. The molecule has 0 aromatic carbocycles. The third kappa shape index (κ3) is 1.97. The van der Waals surface area contributed by atoms with Gasteiger partial charge in [-0.2, -0.15) is 0 Å². The summed E-state index contributed by atoms with van der Waals surface area (Å²) in [6, 6.07) is 0. The Balaban J connectivity index is 3.06. The van der Waals surface area contributed by atoms with Crippen LogP contribution in [0.15, 0.2) is 0 Å². The van der Waals surface area contributed by atoms with E-state index < -0.39 is 0 Å². The molecule has 0 atom stereocenters. The summed E-state index contributed by atoms with van der Waals surface area (Å²) in [5, 5.41) is 0. The van der Waals surface area contributed by atoms with Crippen LogP contribution in [0.1, 0.15) is 23.1 Å². The van der Waals surface area contributed by atoms with Gasteiger partial charge in [-0.05, 0) is 13.3 Å². The highest BCUT2D eigenvalue weighted by molar-refractivity contribution is 7.12. The molecule has 1 rings (SSSR count). The van der Waals surface area contributed by atoms with Gasteiger partial charge >= 0.3 is 0 Å². The van der Waals surface area contributed by atoms with Gasteiger partial charge in [0.25, 0.3) is 0 Å². The zero-order chi connectivity index (χ0) is 9.84. The van der Waals surface area contributed by atoms with Gasteiger partial charge < -0.3 is 9.47 Å². The fraction of sp³-hybridized carbons (Fsp3) is 0.600. The summed E-state index contributed by atoms with van der Waals surface area (Å²) in [6.07, 6.45) is 2.21. The molecule has 2 nitrogen and oxygen atoms in total. The van der Waals surface area contributed by atoms with Crippen LogP contribution in [0.25, 0.3) is 0 Å². The van der Waals surface area contributed by atoms with Gasteiger partial charge in [-0.3, -0.25) is 0 Å². The molecule has 0 N–H and O–H groups in total. The average molecular weight is 200 g/mol. The van der Waals surface area contributed by atoms with E-state index in [0.717, 1.165) is 24.3 Å². The van der Waals surface area contributed by atoms with E-state index in [9.17, 15) is 0 Å². The summed E-state index contributed by atoms with van der Waals surface area (Å²) in [5.74, 6) is 1.82. The average Bonchev–Trinajstić information content (AvgIpc) is 2.41. The first-order valence-corrected chi connectivity index (χ1v) is 5.26. The molecule has 0 unspecified atom stereocenters. The largest absolute Gasteiger partial charge is 0.492 e. The van der Waals surface area contributed by atoms with E-state index in [4.69, 9.17) is 9.47 Å². The minimum Gasteiger partial charge on any atom is -0.492 e. The van der Waals surface area contributed by atoms with E-state index in [1.54, 1.807) is 25.6 Å². The van der Waals surface area contributed by atoms with E-state index in [0.29, 0.717) is 0 Å². The van der Waals surface area contributed by atoms with Crippen LogP contribution in [0.4, 0.5) is 0 Å². The second kappa shape index (κ2) is 4.51. The van der Waals surface area contributed by atoms with Gasteiger partial charge in [0.05, 0.1) is 19.1 Å². The number of aryl methyl sites for hydroxylation is 2. The molecule has 0 amide bonds. The lowest BCUT2D eigenvalue weighted by Crippen LogP contribution is -1.90. The first-order chi connectivity index (χ1) is 6.24. The summed E-state index contributed by atoms with van der Waals surface area (Å²) in [4.78, 5) is 2.49. The Morgan fingerprint density at radius 1 is 1.15 bits per heavy atom. The van der Waals surface area contributed by atoms with Gasteiger partial charge in [-0.25, -0.2) is 0 Å². The highest BCUT2D eigenvalue weighted by Gasteiger charge is 2.15. The number of hydrogen-bond acceptors (Lipinski definition) is 3. The lowest BCUT2D eigenvalue weighted by Gasteiger charge is -2.04. The molecule has 3 heteroatoms. The number of methoxy groups -OCH3 is 2. The molecule has 0 aliphatic heterocycles. The molecule has 1 aromatic heterocycles. The third-order valence-corrected chi connectivity index (χ3v) is 3.07. The van der Waals surface area contributed by atoms with Crippen LogP contribution in [-0.4, -0.2) is 14.2 Å². The van der Waals surface area contributed by atoms with Crippen molar-refractivity contribution in [1.29, 1.82) is 0 Å². The molecule has 1 aromatic rings. The van der Waals surface area contributed by atoms with Crippen LogP contribution in [0.5, 0.6) is 11.5 Å². The van der Waals surface area contributed by atoms with Crippen molar-refractivity contribution >= 4 is 11.3 Å². The van der Waals surface area contributed by atoms with Gasteiger partial charge in [-0.1, -0.05) is 13.3 Å². The highest BCUT2D eigenvalue weighted by atomic mass is 32.1. The molecule has 0 radical (unpaired) electrons. The van der Waals surface area contributed by atoms with E-state index >= 15 is 0 Å². The monoisotopic (exact) mass is 200 g/mol. The van der Waals surface area contributed by atoms with Crippen molar-refractivity contribution in [3.8, 4) is 11.5 Å². The van der Waals surface area contributed by atoms with Gasteiger partial charge in [0.1, 0.15) is 0 Å². The maximum Gasteiger partial charge on any atom is 0.174 e. The van der Waals surface area contributed by atoms with E-state index in [2.05, 4.69) is 13.8 Å². The summed E-state index contributed by atoms with van der Waals surface area (Å²) in [7, 11) is 3.39. The van der Waals surface area contributed by atoms with E-state index in [1.807, 2.05) is 0 Å². The van der Waals surface area contributed by atoms with Crippen LogP contribution >= 0.6 is 11.3 Å².